The minimum Gasteiger partial charge on any atom is -0.481 e. The van der Waals surface area contributed by atoms with Crippen LogP contribution in [0, 0.1) is 5.92 Å². The Hall–Kier alpha value is -1.33. The van der Waals surface area contributed by atoms with Crippen molar-refractivity contribution in [2.45, 2.75) is 89.9 Å². The lowest BCUT2D eigenvalue weighted by Crippen LogP contribution is -2.43. The Balaban J connectivity index is 1.82. The van der Waals surface area contributed by atoms with Gasteiger partial charge < -0.3 is 14.8 Å². The van der Waals surface area contributed by atoms with Crippen molar-refractivity contribution in [2.75, 3.05) is 11.9 Å². The van der Waals surface area contributed by atoms with E-state index in [1.165, 1.54) is 5.56 Å². The average Bonchev–Trinajstić information content (AvgIpc) is 2.60. The van der Waals surface area contributed by atoms with Gasteiger partial charge in [0.15, 0.2) is 8.32 Å². The van der Waals surface area contributed by atoms with Crippen LogP contribution in [-0.2, 0) is 9.22 Å². The first-order chi connectivity index (χ1) is 13.0. The number of rotatable bonds is 8. The minimum absolute atomic E-state index is 0.234. The van der Waals surface area contributed by atoms with Gasteiger partial charge >= 0.3 is 5.97 Å². The number of hydrogen-bond donors (Lipinski definition) is 2. The molecule has 0 radical (unpaired) electrons. The molecule has 0 aliphatic heterocycles. The fourth-order valence-electron chi connectivity index (χ4n) is 3.67. The molecule has 0 aromatic heterocycles. The van der Waals surface area contributed by atoms with E-state index in [1.54, 1.807) is 0 Å². The van der Waals surface area contributed by atoms with E-state index in [9.17, 15) is 4.79 Å². The molecular formula is C23H39NO3Si. The summed E-state index contributed by atoms with van der Waals surface area (Å²) in [6, 6.07) is 9.06. The maximum absolute atomic E-state index is 10.9. The van der Waals surface area contributed by atoms with Gasteiger partial charge in [-0.25, -0.2) is 0 Å². The van der Waals surface area contributed by atoms with E-state index < -0.39 is 14.3 Å². The van der Waals surface area contributed by atoms with Crippen LogP contribution in [0.25, 0.3) is 0 Å². The molecule has 1 atom stereocenters. The van der Waals surface area contributed by atoms with Gasteiger partial charge in [-0.05, 0) is 80.3 Å². The second-order valence-corrected chi connectivity index (χ2v) is 14.9. The molecule has 0 unspecified atom stereocenters. The molecule has 158 valence electrons. The molecule has 1 aliphatic rings. The molecule has 1 aliphatic carbocycles. The number of carboxylic acids is 1. The molecule has 0 bridgehead atoms. The summed E-state index contributed by atoms with van der Waals surface area (Å²) in [4.78, 5) is 10.9. The van der Waals surface area contributed by atoms with Crippen molar-refractivity contribution in [3.63, 3.8) is 0 Å². The summed E-state index contributed by atoms with van der Waals surface area (Å²) in [6.07, 6.45) is 4.57. The number of benzene rings is 1. The Kier molecular flexibility index (Phi) is 7.74. The standard InChI is InChI=1S/C23H39NO3Si/c1-17(16-27-28(5,6)23(2,3)4)24-21-13-11-20(12-14-21)19-9-7-18(8-10-19)15-22(25)26/h11-14,17-19,24H,7-10,15-16H2,1-6H3,(H,25,26)/t17-,18-,19-/m0/s1. The molecule has 1 saturated carbocycles. The number of aliphatic carboxylic acids is 1. The first-order valence-corrected chi connectivity index (χ1v) is 13.6. The first kappa shape index (κ1) is 23.0. The van der Waals surface area contributed by atoms with E-state index in [0.29, 0.717) is 18.3 Å². The van der Waals surface area contributed by atoms with E-state index in [-0.39, 0.29) is 11.1 Å². The van der Waals surface area contributed by atoms with Crippen molar-refractivity contribution >= 4 is 20.0 Å². The van der Waals surface area contributed by atoms with Crippen LogP contribution < -0.4 is 5.32 Å². The Morgan fingerprint density at radius 1 is 1.18 bits per heavy atom. The van der Waals surface area contributed by atoms with Gasteiger partial charge in [0.2, 0.25) is 0 Å². The van der Waals surface area contributed by atoms with E-state index in [2.05, 4.69) is 70.4 Å². The van der Waals surface area contributed by atoms with E-state index in [4.69, 9.17) is 9.53 Å². The summed E-state index contributed by atoms with van der Waals surface area (Å²) >= 11 is 0. The molecule has 0 saturated heterocycles. The minimum atomic E-state index is -1.71. The van der Waals surface area contributed by atoms with Gasteiger partial charge in [0.05, 0.1) is 6.61 Å². The van der Waals surface area contributed by atoms with Gasteiger partial charge in [-0.1, -0.05) is 32.9 Å². The van der Waals surface area contributed by atoms with Crippen LogP contribution in [0.1, 0.15) is 71.3 Å². The van der Waals surface area contributed by atoms with Crippen LogP contribution in [0.5, 0.6) is 0 Å². The Bertz CT molecular complexity index is 628. The highest BCUT2D eigenvalue weighted by molar-refractivity contribution is 6.74. The normalized spacial score (nSPS) is 21.9. The molecule has 4 nitrogen and oxygen atoms in total. The lowest BCUT2D eigenvalue weighted by atomic mass is 9.77. The molecule has 2 rings (SSSR count). The van der Waals surface area contributed by atoms with Gasteiger partial charge in [-0.15, -0.1) is 0 Å². The number of carbonyl (C=O) groups is 1. The largest absolute Gasteiger partial charge is 0.481 e. The molecule has 1 aromatic rings. The summed E-state index contributed by atoms with van der Waals surface area (Å²) in [7, 11) is -1.71. The van der Waals surface area contributed by atoms with Gasteiger partial charge in [0.1, 0.15) is 0 Å². The number of carboxylic acid groups (broad SMARTS) is 1. The number of nitrogens with one attached hydrogen (secondary N) is 1. The van der Waals surface area contributed by atoms with Crippen LogP contribution in [0.3, 0.4) is 0 Å². The third-order valence-corrected chi connectivity index (χ3v) is 11.1. The molecule has 5 heteroatoms. The van der Waals surface area contributed by atoms with Gasteiger partial charge in [-0.3, -0.25) is 4.79 Å². The van der Waals surface area contributed by atoms with E-state index >= 15 is 0 Å². The summed E-state index contributed by atoms with van der Waals surface area (Å²) < 4.78 is 6.32. The average molecular weight is 406 g/mol. The zero-order chi connectivity index (χ0) is 20.9. The Morgan fingerprint density at radius 3 is 2.25 bits per heavy atom. The predicted octanol–water partition coefficient (Wildman–Crippen LogP) is 6.26. The zero-order valence-electron chi connectivity index (χ0n) is 18.5. The molecule has 0 spiro atoms. The summed E-state index contributed by atoms with van der Waals surface area (Å²) in [6.45, 7) is 14.3. The van der Waals surface area contributed by atoms with Crippen LogP contribution in [-0.4, -0.2) is 32.0 Å². The van der Waals surface area contributed by atoms with Crippen molar-refractivity contribution in [3.8, 4) is 0 Å². The smallest absolute Gasteiger partial charge is 0.303 e. The molecule has 1 aromatic carbocycles. The molecule has 0 heterocycles. The third kappa shape index (κ3) is 6.63. The maximum atomic E-state index is 10.9. The van der Waals surface area contributed by atoms with Crippen LogP contribution >= 0.6 is 0 Å². The number of hydrogen-bond acceptors (Lipinski definition) is 3. The van der Waals surface area contributed by atoms with E-state index in [0.717, 1.165) is 38.0 Å². The van der Waals surface area contributed by atoms with Crippen molar-refractivity contribution < 1.29 is 14.3 Å². The van der Waals surface area contributed by atoms with Crippen molar-refractivity contribution in [1.29, 1.82) is 0 Å². The molecule has 2 N–H and O–H groups in total. The Morgan fingerprint density at radius 2 is 1.75 bits per heavy atom. The fraction of sp³-hybridized carbons (Fsp3) is 0.696. The van der Waals surface area contributed by atoms with Gasteiger partial charge in [0.25, 0.3) is 0 Å². The molecular weight excluding hydrogens is 366 g/mol. The van der Waals surface area contributed by atoms with E-state index in [1.807, 2.05) is 0 Å². The quantitative estimate of drug-likeness (QED) is 0.501. The first-order valence-electron chi connectivity index (χ1n) is 10.7. The second kappa shape index (κ2) is 9.44. The van der Waals surface area contributed by atoms with Gasteiger partial charge in [-0.2, -0.15) is 0 Å². The second-order valence-electron chi connectivity index (χ2n) is 10.1. The summed E-state index contributed by atoms with van der Waals surface area (Å²) in [5.74, 6) is 0.264. The Labute approximate surface area is 172 Å². The maximum Gasteiger partial charge on any atom is 0.303 e. The molecule has 28 heavy (non-hydrogen) atoms. The zero-order valence-corrected chi connectivity index (χ0v) is 19.5. The monoisotopic (exact) mass is 405 g/mol. The van der Waals surface area contributed by atoms with Crippen LogP contribution in [0.2, 0.25) is 18.1 Å². The SMILES string of the molecule is C[C@@H](CO[Si](C)(C)C(C)(C)C)Nc1ccc([C@H]2CC[C@H](CC(=O)O)CC2)cc1. The lowest BCUT2D eigenvalue weighted by molar-refractivity contribution is -0.138. The van der Waals surface area contributed by atoms with Crippen molar-refractivity contribution in [2.24, 2.45) is 5.92 Å². The topological polar surface area (TPSA) is 58.6 Å². The van der Waals surface area contributed by atoms with Crippen LogP contribution in [0.4, 0.5) is 5.69 Å². The number of anilines is 1. The highest BCUT2D eigenvalue weighted by atomic mass is 28.4. The van der Waals surface area contributed by atoms with Crippen molar-refractivity contribution in [3.05, 3.63) is 29.8 Å². The third-order valence-electron chi connectivity index (χ3n) is 6.61. The van der Waals surface area contributed by atoms with Crippen molar-refractivity contribution in [1.82, 2.24) is 0 Å². The molecule has 1 fully saturated rings. The van der Waals surface area contributed by atoms with Crippen LogP contribution in [0.15, 0.2) is 24.3 Å². The summed E-state index contributed by atoms with van der Waals surface area (Å²) in [5.41, 5.74) is 2.51. The molecule has 0 amide bonds. The predicted molar refractivity (Wildman–Crippen MR) is 120 cm³/mol. The fourth-order valence-corrected chi connectivity index (χ4v) is 4.77. The summed E-state index contributed by atoms with van der Waals surface area (Å²) in [5, 5.41) is 12.8. The van der Waals surface area contributed by atoms with Gasteiger partial charge in [0, 0.05) is 18.2 Å². The highest BCUT2D eigenvalue weighted by Crippen LogP contribution is 2.38. The highest BCUT2D eigenvalue weighted by Gasteiger charge is 2.37. The lowest BCUT2D eigenvalue weighted by Gasteiger charge is -2.37.